The van der Waals surface area contributed by atoms with Crippen LogP contribution in [-0.2, 0) is 59.6 Å². The van der Waals surface area contributed by atoms with Crippen molar-refractivity contribution in [2.45, 2.75) is 98.7 Å². The molecule has 0 spiro atoms. The number of ether oxygens (including phenoxy) is 4. The first-order valence-corrected chi connectivity index (χ1v) is 22.7. The molecule has 1 atom stereocenters. The van der Waals surface area contributed by atoms with Crippen molar-refractivity contribution in [3.8, 4) is 0 Å². The molecule has 21 heteroatoms. The number of carbonyl (C=O) groups is 6. The molecule has 1 unspecified atom stereocenters. The molecule has 1 saturated heterocycles. The van der Waals surface area contributed by atoms with E-state index in [9.17, 15) is 41.7 Å². The minimum atomic E-state index is -4.75. The molecule has 1 aromatic rings. The van der Waals surface area contributed by atoms with E-state index in [1.807, 2.05) is 39.8 Å². The zero-order chi connectivity index (χ0) is 47.6. The van der Waals surface area contributed by atoms with E-state index in [0.717, 1.165) is 11.1 Å². The normalized spacial score (nSPS) is 16.4. The molecule has 0 bridgehead atoms. The van der Waals surface area contributed by atoms with Gasteiger partial charge in [-0.15, -0.1) is 0 Å². The van der Waals surface area contributed by atoms with Gasteiger partial charge in [0, 0.05) is 65.4 Å². The smallest absolute Gasteiger partial charge is 0.407 e. The fraction of sp³-hybridized carbons (Fsp3) is 0.714. The van der Waals surface area contributed by atoms with Gasteiger partial charge < -0.3 is 34.9 Å². The molecule has 0 radical (unpaired) electrons. The van der Waals surface area contributed by atoms with Gasteiger partial charge in [-0.3, -0.25) is 48.1 Å². The maximum absolute atomic E-state index is 13.6. The Morgan fingerprint density at radius 2 is 1.05 bits per heavy atom. The average Bonchev–Trinajstić information content (AvgIpc) is 3.10. The van der Waals surface area contributed by atoms with Crippen LogP contribution in [0.3, 0.4) is 0 Å². The van der Waals surface area contributed by atoms with Crippen LogP contribution < -0.4 is 16.0 Å². The first-order valence-electron chi connectivity index (χ1n) is 21.1. The van der Waals surface area contributed by atoms with Gasteiger partial charge in [0.05, 0.1) is 26.2 Å². The Morgan fingerprint density at radius 3 is 1.43 bits per heavy atom. The van der Waals surface area contributed by atoms with Crippen molar-refractivity contribution >= 4 is 45.9 Å². The van der Waals surface area contributed by atoms with Gasteiger partial charge in [-0.25, -0.2) is 4.79 Å². The van der Waals surface area contributed by atoms with E-state index in [2.05, 4.69) is 16.0 Å². The number of carbonyl (C=O) groups excluding carboxylic acids is 6. The fourth-order valence-corrected chi connectivity index (χ4v) is 6.85. The number of rotatable bonds is 17. The highest BCUT2D eigenvalue weighted by Crippen LogP contribution is 2.12. The average molecular weight is 914 g/mol. The Bertz CT molecular complexity index is 1750. The lowest BCUT2D eigenvalue weighted by atomic mass is 10.1. The van der Waals surface area contributed by atoms with Crippen molar-refractivity contribution in [1.29, 1.82) is 0 Å². The molecule has 1 aliphatic rings. The van der Waals surface area contributed by atoms with Gasteiger partial charge in [0.2, 0.25) is 11.8 Å². The molecule has 1 heterocycles. The minimum Gasteiger partial charge on any atom is -0.459 e. The maximum atomic E-state index is 13.6. The Labute approximate surface area is 372 Å². The van der Waals surface area contributed by atoms with Crippen molar-refractivity contribution in [3.05, 3.63) is 35.4 Å². The van der Waals surface area contributed by atoms with Gasteiger partial charge in [0.15, 0.2) is 0 Å². The first kappa shape index (κ1) is 54.7. The van der Waals surface area contributed by atoms with E-state index in [-0.39, 0.29) is 72.1 Å². The number of nitrogens with one attached hydrogen (secondary N) is 3. The molecule has 1 aliphatic heterocycles. The van der Waals surface area contributed by atoms with Crippen LogP contribution in [0.4, 0.5) is 4.79 Å². The van der Waals surface area contributed by atoms with E-state index in [1.54, 1.807) is 73.3 Å². The summed E-state index contributed by atoms with van der Waals surface area (Å²) in [6, 6.07) is 5.71. The predicted octanol–water partition coefficient (Wildman–Crippen LogP) is 0.957. The zero-order valence-electron chi connectivity index (χ0n) is 38.7. The number of alkyl carbamates (subject to hydrolysis) is 1. The van der Waals surface area contributed by atoms with Crippen LogP contribution in [-0.4, -0.2) is 189 Å². The number of esters is 3. The summed E-state index contributed by atoms with van der Waals surface area (Å²) in [5.41, 5.74) is -0.418. The van der Waals surface area contributed by atoms with Gasteiger partial charge in [0.1, 0.15) is 35.2 Å². The van der Waals surface area contributed by atoms with E-state index in [4.69, 9.17) is 18.9 Å². The van der Waals surface area contributed by atoms with E-state index < -0.39 is 74.5 Å². The van der Waals surface area contributed by atoms with Crippen molar-refractivity contribution in [2.24, 2.45) is 0 Å². The number of amides is 3. The summed E-state index contributed by atoms with van der Waals surface area (Å²) >= 11 is 0. The van der Waals surface area contributed by atoms with Crippen molar-refractivity contribution < 1.29 is 60.7 Å². The Morgan fingerprint density at radius 1 is 0.651 bits per heavy atom. The lowest BCUT2D eigenvalue weighted by molar-refractivity contribution is -0.158. The number of nitrogens with zero attached hydrogens (tertiary/aromatic N) is 4. The summed E-state index contributed by atoms with van der Waals surface area (Å²) in [4.78, 5) is 85.2. The van der Waals surface area contributed by atoms with Gasteiger partial charge in [-0.2, -0.15) is 8.42 Å². The number of hydrogen-bond acceptors (Lipinski definition) is 16. The number of hydrogen-bond donors (Lipinski definition) is 4. The SMILES string of the molecule is Cc1cccc(COC(=O)NCCNC(=O)C(CS(=O)(=O)O)NC(=O)CN2CCN(CC(=O)OC(C)(C)C)CCN(CC(=O)OC(C)(C)C)CCN(CC(=O)OC(C)(C)C)CC2)c1. The molecule has 4 N–H and O–H groups in total. The van der Waals surface area contributed by atoms with E-state index in [0.29, 0.717) is 26.2 Å². The third-order valence-electron chi connectivity index (χ3n) is 8.79. The summed E-state index contributed by atoms with van der Waals surface area (Å²) in [6.07, 6.45) is -0.743. The molecule has 1 fully saturated rings. The minimum absolute atomic E-state index is 0.0252. The Balaban J connectivity index is 2.24. The Hall–Kier alpha value is -4.41. The lowest BCUT2D eigenvalue weighted by Crippen LogP contribution is -2.54. The topological polar surface area (TPSA) is 243 Å². The van der Waals surface area contributed by atoms with Crippen LogP contribution in [0.25, 0.3) is 0 Å². The highest BCUT2D eigenvalue weighted by molar-refractivity contribution is 7.85. The zero-order valence-corrected chi connectivity index (χ0v) is 39.6. The van der Waals surface area contributed by atoms with Crippen LogP contribution >= 0.6 is 0 Å². The molecular formula is C42H71N7O13S. The van der Waals surface area contributed by atoms with E-state index >= 15 is 0 Å². The van der Waals surface area contributed by atoms with Gasteiger partial charge in [-0.05, 0) is 74.8 Å². The highest BCUT2D eigenvalue weighted by atomic mass is 32.2. The largest absolute Gasteiger partial charge is 0.459 e. The van der Waals surface area contributed by atoms with Crippen LogP contribution in [0, 0.1) is 6.92 Å². The molecule has 63 heavy (non-hydrogen) atoms. The molecule has 1 aromatic carbocycles. The van der Waals surface area contributed by atoms with Crippen LogP contribution in [0.15, 0.2) is 24.3 Å². The molecule has 0 aliphatic carbocycles. The Kier molecular flexibility index (Phi) is 21.9. The third-order valence-corrected chi connectivity index (χ3v) is 9.54. The fourth-order valence-electron chi connectivity index (χ4n) is 6.19. The molecule has 20 nitrogen and oxygen atoms in total. The molecule has 3 amide bonds. The van der Waals surface area contributed by atoms with Gasteiger partial charge in [0.25, 0.3) is 10.1 Å². The molecule has 358 valence electrons. The maximum Gasteiger partial charge on any atom is 0.407 e. The van der Waals surface area contributed by atoms with Crippen LogP contribution in [0.1, 0.15) is 73.4 Å². The van der Waals surface area contributed by atoms with Crippen molar-refractivity contribution in [1.82, 2.24) is 35.6 Å². The molecule has 0 aromatic heterocycles. The predicted molar refractivity (Wildman–Crippen MR) is 234 cm³/mol. The second-order valence-electron chi connectivity index (χ2n) is 18.5. The summed E-state index contributed by atoms with van der Waals surface area (Å²) in [5, 5.41) is 7.34. The summed E-state index contributed by atoms with van der Waals surface area (Å²) in [7, 11) is -4.75. The first-order chi connectivity index (χ1) is 29.0. The standard InChI is InChI=1S/C42H71N7O13S/c1-31-12-11-13-32(24-31)29-59-39(55)44-15-14-43-38(54)33(30-63(56,57)58)45-34(50)25-46-16-18-47(26-35(51)60-40(2,3)4)20-22-49(28-37(53)62-42(8,9)10)23-21-48(19-17-46)27-36(52)61-41(5,6)7/h11-13,24,33H,14-23,25-30H2,1-10H3,(H,43,54)(H,44,55)(H,45,50)(H,56,57,58). The van der Waals surface area contributed by atoms with Crippen LogP contribution in [0.2, 0.25) is 0 Å². The van der Waals surface area contributed by atoms with Crippen molar-refractivity contribution in [2.75, 3.05) is 97.4 Å². The quantitative estimate of drug-likeness (QED) is 0.0736. The molecule has 2 rings (SSSR count). The summed E-state index contributed by atoms with van der Waals surface area (Å²) in [6.45, 7) is 19.1. The number of benzene rings is 1. The summed E-state index contributed by atoms with van der Waals surface area (Å²) < 4.78 is 55.5. The molecule has 0 saturated carbocycles. The second kappa shape index (κ2) is 25.2. The monoisotopic (exact) mass is 913 g/mol. The van der Waals surface area contributed by atoms with Gasteiger partial charge >= 0.3 is 24.0 Å². The van der Waals surface area contributed by atoms with Gasteiger partial charge in [-0.1, -0.05) is 29.8 Å². The number of aryl methyl sites for hydroxylation is 1. The molecular weight excluding hydrogens is 843 g/mol. The highest BCUT2D eigenvalue weighted by Gasteiger charge is 2.29. The van der Waals surface area contributed by atoms with E-state index in [1.165, 1.54) is 0 Å². The second-order valence-corrected chi connectivity index (χ2v) is 20.0. The third kappa shape index (κ3) is 26.7. The van der Waals surface area contributed by atoms with Crippen molar-refractivity contribution in [3.63, 3.8) is 0 Å². The lowest BCUT2D eigenvalue weighted by Gasteiger charge is -2.34. The summed E-state index contributed by atoms with van der Waals surface area (Å²) in [5.74, 6) is -4.18. The van der Waals surface area contributed by atoms with Crippen LogP contribution in [0.5, 0.6) is 0 Å².